The lowest BCUT2D eigenvalue weighted by atomic mass is 10.1. The number of carbonyl (C=O) groups is 1. The van der Waals surface area contributed by atoms with Crippen molar-refractivity contribution in [2.45, 2.75) is 19.7 Å². The van der Waals surface area contributed by atoms with Crippen molar-refractivity contribution in [3.8, 4) is 11.5 Å². The van der Waals surface area contributed by atoms with Gasteiger partial charge in [-0.05, 0) is 52.9 Å². The number of hydrogen-bond acceptors (Lipinski definition) is 5. The summed E-state index contributed by atoms with van der Waals surface area (Å²) in [5.74, 6) is 0.662. The molecule has 5 nitrogen and oxygen atoms in total. The highest BCUT2D eigenvalue weighted by atomic mass is 32.1. The van der Waals surface area contributed by atoms with Gasteiger partial charge in [0.05, 0.1) is 12.0 Å². The van der Waals surface area contributed by atoms with Crippen LogP contribution < -0.4 is 9.47 Å². The lowest BCUT2D eigenvalue weighted by molar-refractivity contribution is 0.0734. The van der Waals surface area contributed by atoms with Crippen molar-refractivity contribution in [2.75, 3.05) is 7.11 Å². The molecule has 0 aliphatic heterocycles. The molecule has 2 aromatic carbocycles. The Kier molecular flexibility index (Phi) is 7.32. The monoisotopic (exact) mass is 462 g/mol. The van der Waals surface area contributed by atoms with Crippen molar-refractivity contribution in [1.82, 2.24) is 9.88 Å². The van der Waals surface area contributed by atoms with Crippen LogP contribution in [0.3, 0.4) is 0 Å². The second-order valence-corrected chi connectivity index (χ2v) is 8.31. The molecule has 0 radical (unpaired) electrons. The van der Waals surface area contributed by atoms with E-state index in [2.05, 4.69) is 4.98 Å². The van der Waals surface area contributed by atoms with Crippen molar-refractivity contribution in [3.63, 3.8) is 0 Å². The molecule has 0 bridgehead atoms. The van der Waals surface area contributed by atoms with E-state index in [1.54, 1.807) is 48.7 Å². The zero-order valence-corrected chi connectivity index (χ0v) is 18.9. The van der Waals surface area contributed by atoms with Gasteiger partial charge in [-0.3, -0.25) is 9.78 Å². The van der Waals surface area contributed by atoms with E-state index in [-0.39, 0.29) is 18.3 Å². The van der Waals surface area contributed by atoms with Crippen molar-refractivity contribution >= 4 is 17.2 Å². The zero-order chi connectivity index (χ0) is 23.0. The number of thiophene rings is 1. The number of nitrogens with zero attached hydrogens (tertiary/aromatic N) is 2. The molecule has 0 saturated carbocycles. The Labute approximate surface area is 196 Å². The average molecular weight is 463 g/mol. The maximum atomic E-state index is 14.0. The third-order valence-corrected chi connectivity index (χ3v) is 5.94. The summed E-state index contributed by atoms with van der Waals surface area (Å²) in [5.41, 5.74) is 2.31. The number of halogens is 1. The first-order chi connectivity index (χ1) is 16.1. The van der Waals surface area contributed by atoms with Crippen LogP contribution in [0.25, 0.3) is 0 Å². The molecule has 1 amide bonds. The van der Waals surface area contributed by atoms with Gasteiger partial charge in [0, 0.05) is 31.0 Å². The topological polar surface area (TPSA) is 51.7 Å². The van der Waals surface area contributed by atoms with E-state index in [1.165, 1.54) is 17.4 Å². The Morgan fingerprint density at radius 2 is 1.76 bits per heavy atom. The number of pyridine rings is 1. The molecule has 4 aromatic rings. The summed E-state index contributed by atoms with van der Waals surface area (Å²) in [6, 6.07) is 19.5. The summed E-state index contributed by atoms with van der Waals surface area (Å²) in [5, 5.41) is 1.89. The minimum atomic E-state index is -0.322. The molecule has 0 saturated heterocycles. The number of benzene rings is 2. The molecule has 0 N–H and O–H groups in total. The zero-order valence-electron chi connectivity index (χ0n) is 18.1. The first kappa shape index (κ1) is 22.5. The highest BCUT2D eigenvalue weighted by Gasteiger charge is 2.19. The van der Waals surface area contributed by atoms with Crippen LogP contribution >= 0.6 is 11.3 Å². The Morgan fingerprint density at radius 3 is 2.48 bits per heavy atom. The summed E-state index contributed by atoms with van der Waals surface area (Å²) >= 11 is 1.41. The summed E-state index contributed by atoms with van der Waals surface area (Å²) < 4.78 is 25.3. The quantitative estimate of drug-likeness (QED) is 0.320. The second kappa shape index (κ2) is 10.7. The normalized spacial score (nSPS) is 10.6. The average Bonchev–Trinajstić information content (AvgIpc) is 3.38. The molecule has 0 aliphatic carbocycles. The van der Waals surface area contributed by atoms with Crippen LogP contribution in [0.2, 0.25) is 0 Å². The maximum absolute atomic E-state index is 14.0. The van der Waals surface area contributed by atoms with Crippen LogP contribution in [-0.2, 0) is 19.7 Å². The molecular weight excluding hydrogens is 439 g/mol. The molecule has 2 heterocycles. The highest BCUT2D eigenvalue weighted by Crippen LogP contribution is 2.30. The Bertz CT molecular complexity index is 1200. The van der Waals surface area contributed by atoms with Crippen LogP contribution in [-0.4, -0.2) is 22.9 Å². The molecule has 2 aromatic heterocycles. The molecule has 7 heteroatoms. The van der Waals surface area contributed by atoms with Gasteiger partial charge in [-0.2, -0.15) is 0 Å². The lowest BCUT2D eigenvalue weighted by Crippen LogP contribution is -2.29. The second-order valence-electron chi connectivity index (χ2n) is 7.36. The van der Waals surface area contributed by atoms with Crippen molar-refractivity contribution in [2.24, 2.45) is 0 Å². The summed E-state index contributed by atoms with van der Waals surface area (Å²) in [6.45, 7) is 0.886. The van der Waals surface area contributed by atoms with Gasteiger partial charge in [0.1, 0.15) is 12.4 Å². The Balaban J connectivity index is 1.56. The first-order valence-electron chi connectivity index (χ1n) is 10.4. The highest BCUT2D eigenvalue weighted by molar-refractivity contribution is 7.12. The summed E-state index contributed by atoms with van der Waals surface area (Å²) in [6.07, 6.45) is 3.43. The van der Waals surface area contributed by atoms with E-state index in [4.69, 9.17) is 9.47 Å². The van der Waals surface area contributed by atoms with E-state index in [1.807, 2.05) is 41.8 Å². The van der Waals surface area contributed by atoms with Gasteiger partial charge in [-0.25, -0.2) is 4.39 Å². The van der Waals surface area contributed by atoms with E-state index in [0.717, 1.165) is 11.1 Å². The number of rotatable bonds is 9. The molecule has 4 rings (SSSR count). The molecule has 0 atom stereocenters. The molecular formula is C26H23FN2O3S. The van der Waals surface area contributed by atoms with Crippen LogP contribution in [0.4, 0.5) is 4.39 Å². The van der Waals surface area contributed by atoms with E-state index < -0.39 is 0 Å². The molecule has 0 aliphatic rings. The minimum Gasteiger partial charge on any atom is -0.493 e. The van der Waals surface area contributed by atoms with Gasteiger partial charge in [0.2, 0.25) is 0 Å². The smallest absolute Gasteiger partial charge is 0.264 e. The number of ether oxygens (including phenoxy) is 2. The Hall–Kier alpha value is -3.71. The largest absolute Gasteiger partial charge is 0.493 e. The van der Waals surface area contributed by atoms with Crippen molar-refractivity contribution < 1.29 is 18.7 Å². The van der Waals surface area contributed by atoms with Crippen LogP contribution in [0.15, 0.2) is 84.5 Å². The molecule has 0 spiro atoms. The number of methoxy groups -OCH3 is 1. The van der Waals surface area contributed by atoms with Gasteiger partial charge in [0.25, 0.3) is 5.91 Å². The standard InChI is InChI=1S/C26H23FN2O3S/c1-31-23-9-8-20(15-24(23)32-18-21-5-2-3-6-22(21)27)17-29(16-19-10-12-28-13-11-19)26(30)25-7-4-14-33-25/h2-15H,16-18H2,1H3. The van der Waals surface area contributed by atoms with Gasteiger partial charge in [0.15, 0.2) is 11.5 Å². The summed E-state index contributed by atoms with van der Waals surface area (Å²) in [7, 11) is 1.56. The third-order valence-electron chi connectivity index (χ3n) is 5.08. The fraction of sp³-hybridized carbons (Fsp3) is 0.154. The fourth-order valence-corrected chi connectivity index (χ4v) is 4.08. The van der Waals surface area contributed by atoms with Crippen LogP contribution in [0.1, 0.15) is 26.4 Å². The fourth-order valence-electron chi connectivity index (χ4n) is 3.39. The predicted molar refractivity (Wildman–Crippen MR) is 126 cm³/mol. The summed E-state index contributed by atoms with van der Waals surface area (Å²) in [4.78, 5) is 19.7. The third kappa shape index (κ3) is 5.75. The SMILES string of the molecule is COc1ccc(CN(Cc2ccncc2)C(=O)c2cccs2)cc1OCc1ccccc1F. The van der Waals surface area contributed by atoms with E-state index in [0.29, 0.717) is 35.0 Å². The van der Waals surface area contributed by atoms with Gasteiger partial charge in [-0.1, -0.05) is 30.3 Å². The van der Waals surface area contributed by atoms with Crippen LogP contribution in [0.5, 0.6) is 11.5 Å². The number of hydrogen-bond donors (Lipinski definition) is 0. The van der Waals surface area contributed by atoms with E-state index in [9.17, 15) is 9.18 Å². The number of carbonyl (C=O) groups excluding carboxylic acids is 1. The van der Waals surface area contributed by atoms with Gasteiger partial charge < -0.3 is 14.4 Å². The van der Waals surface area contributed by atoms with Gasteiger partial charge >= 0.3 is 0 Å². The first-order valence-corrected chi connectivity index (χ1v) is 11.3. The predicted octanol–water partition coefficient (Wildman–Crippen LogP) is 5.71. The van der Waals surface area contributed by atoms with Gasteiger partial charge in [-0.15, -0.1) is 11.3 Å². The lowest BCUT2D eigenvalue weighted by Gasteiger charge is -2.23. The van der Waals surface area contributed by atoms with Crippen molar-refractivity contribution in [1.29, 1.82) is 0 Å². The minimum absolute atomic E-state index is 0.0496. The van der Waals surface area contributed by atoms with Crippen molar-refractivity contribution in [3.05, 3.63) is 112 Å². The molecule has 0 unspecified atom stereocenters. The van der Waals surface area contributed by atoms with Crippen LogP contribution in [0, 0.1) is 5.82 Å². The molecule has 0 fully saturated rings. The number of aromatic nitrogens is 1. The Morgan fingerprint density at radius 1 is 0.970 bits per heavy atom. The maximum Gasteiger partial charge on any atom is 0.264 e. The van der Waals surface area contributed by atoms with E-state index >= 15 is 0 Å². The molecule has 168 valence electrons. The molecule has 33 heavy (non-hydrogen) atoms. The number of amides is 1.